The Kier molecular flexibility index (Phi) is 7.58. The van der Waals surface area contributed by atoms with Crippen molar-refractivity contribution in [2.24, 2.45) is 0 Å². The topological polar surface area (TPSA) is 93.7 Å². The van der Waals surface area contributed by atoms with Crippen LogP contribution in [0.15, 0.2) is 47.4 Å². The number of benzene rings is 2. The maximum absolute atomic E-state index is 12.5. The average Bonchev–Trinajstić information content (AvgIpc) is 3.21. The van der Waals surface area contributed by atoms with Gasteiger partial charge in [0.1, 0.15) is 11.5 Å². The molecular formula is C21H25ClN2O5S. The molecule has 2 aromatic carbocycles. The van der Waals surface area contributed by atoms with Crippen LogP contribution >= 0.6 is 11.6 Å². The zero-order chi connectivity index (χ0) is 21.6. The quantitative estimate of drug-likeness (QED) is 0.600. The van der Waals surface area contributed by atoms with E-state index in [2.05, 4.69) is 10.0 Å². The van der Waals surface area contributed by atoms with Crippen molar-refractivity contribution in [2.75, 3.05) is 18.5 Å². The van der Waals surface area contributed by atoms with E-state index in [0.717, 1.165) is 31.4 Å². The molecule has 0 saturated heterocycles. The third kappa shape index (κ3) is 6.10. The number of rotatable bonds is 9. The van der Waals surface area contributed by atoms with Gasteiger partial charge in [0.25, 0.3) is 5.91 Å². The number of amides is 1. The van der Waals surface area contributed by atoms with Gasteiger partial charge in [0.2, 0.25) is 10.0 Å². The van der Waals surface area contributed by atoms with Crippen LogP contribution in [0.4, 0.5) is 5.69 Å². The van der Waals surface area contributed by atoms with E-state index < -0.39 is 10.0 Å². The molecule has 0 spiro atoms. The molecule has 1 aliphatic rings. The first-order valence-electron chi connectivity index (χ1n) is 9.85. The van der Waals surface area contributed by atoms with Crippen LogP contribution < -0.4 is 19.5 Å². The Labute approximate surface area is 181 Å². The number of anilines is 1. The highest BCUT2D eigenvalue weighted by Gasteiger charge is 2.23. The van der Waals surface area contributed by atoms with E-state index in [4.69, 9.17) is 21.1 Å². The highest BCUT2D eigenvalue weighted by molar-refractivity contribution is 7.89. The molecule has 0 bridgehead atoms. The van der Waals surface area contributed by atoms with Gasteiger partial charge >= 0.3 is 0 Å². The molecule has 2 N–H and O–H groups in total. The Bertz CT molecular complexity index is 973. The molecule has 2 aromatic rings. The summed E-state index contributed by atoms with van der Waals surface area (Å²) in [4.78, 5) is 12.2. The SMILES string of the molecule is CCOc1ccc(NC(=O)COc2ccc(S(=O)(=O)NC3CCCC3)cc2Cl)cc1. The second-order valence-corrected chi connectivity index (χ2v) is 9.11. The van der Waals surface area contributed by atoms with Gasteiger partial charge in [-0.3, -0.25) is 4.79 Å². The highest BCUT2D eigenvalue weighted by Crippen LogP contribution is 2.28. The number of carbonyl (C=O) groups excluding carboxylic acids is 1. The van der Waals surface area contributed by atoms with Gasteiger partial charge in [-0.2, -0.15) is 0 Å². The summed E-state index contributed by atoms with van der Waals surface area (Å²) in [5.74, 6) is 0.587. The number of hydrogen-bond donors (Lipinski definition) is 2. The summed E-state index contributed by atoms with van der Waals surface area (Å²) < 4.78 is 38.5. The molecule has 0 aliphatic heterocycles. The fraction of sp³-hybridized carbons (Fsp3) is 0.381. The van der Waals surface area contributed by atoms with E-state index in [0.29, 0.717) is 12.3 Å². The Morgan fingerprint density at radius 2 is 1.80 bits per heavy atom. The lowest BCUT2D eigenvalue weighted by Gasteiger charge is -2.14. The van der Waals surface area contributed by atoms with Crippen LogP contribution in [-0.2, 0) is 14.8 Å². The molecule has 1 aliphatic carbocycles. The van der Waals surface area contributed by atoms with Gasteiger partial charge in [-0.15, -0.1) is 0 Å². The Morgan fingerprint density at radius 1 is 1.10 bits per heavy atom. The summed E-state index contributed by atoms with van der Waals surface area (Å²) in [7, 11) is -3.64. The van der Waals surface area contributed by atoms with Crippen molar-refractivity contribution >= 4 is 33.2 Å². The number of halogens is 1. The smallest absolute Gasteiger partial charge is 0.262 e. The van der Waals surface area contributed by atoms with Crippen molar-refractivity contribution in [3.8, 4) is 11.5 Å². The van der Waals surface area contributed by atoms with Crippen LogP contribution in [0.1, 0.15) is 32.6 Å². The van der Waals surface area contributed by atoms with Gasteiger partial charge in [0.05, 0.1) is 16.5 Å². The number of sulfonamides is 1. The van der Waals surface area contributed by atoms with Crippen LogP contribution in [0.3, 0.4) is 0 Å². The average molecular weight is 453 g/mol. The lowest BCUT2D eigenvalue weighted by molar-refractivity contribution is -0.118. The monoisotopic (exact) mass is 452 g/mol. The lowest BCUT2D eigenvalue weighted by Crippen LogP contribution is -2.32. The first-order chi connectivity index (χ1) is 14.4. The number of carbonyl (C=O) groups is 1. The fourth-order valence-corrected chi connectivity index (χ4v) is 4.87. The van der Waals surface area contributed by atoms with Crippen molar-refractivity contribution < 1.29 is 22.7 Å². The van der Waals surface area contributed by atoms with E-state index in [9.17, 15) is 13.2 Å². The molecule has 9 heteroatoms. The van der Waals surface area contributed by atoms with E-state index in [1.165, 1.54) is 18.2 Å². The van der Waals surface area contributed by atoms with Crippen LogP contribution in [0.2, 0.25) is 5.02 Å². The minimum Gasteiger partial charge on any atom is -0.494 e. The summed E-state index contributed by atoms with van der Waals surface area (Å²) in [5, 5.41) is 2.83. The van der Waals surface area contributed by atoms with Crippen molar-refractivity contribution in [1.29, 1.82) is 0 Å². The first kappa shape index (κ1) is 22.4. The third-order valence-corrected chi connectivity index (χ3v) is 6.51. The Balaban J connectivity index is 1.55. The maximum atomic E-state index is 12.5. The summed E-state index contributed by atoms with van der Waals surface area (Å²) in [6.07, 6.45) is 3.74. The van der Waals surface area contributed by atoms with Crippen LogP contribution in [-0.4, -0.2) is 33.6 Å². The summed E-state index contributed by atoms with van der Waals surface area (Å²) in [5.41, 5.74) is 0.609. The molecule has 1 fully saturated rings. The number of ether oxygens (including phenoxy) is 2. The Morgan fingerprint density at radius 3 is 2.43 bits per heavy atom. The normalized spacial score (nSPS) is 14.5. The molecule has 0 radical (unpaired) electrons. The molecule has 1 saturated carbocycles. The molecule has 0 atom stereocenters. The van der Waals surface area contributed by atoms with E-state index in [-0.39, 0.29) is 34.2 Å². The highest BCUT2D eigenvalue weighted by atomic mass is 35.5. The number of hydrogen-bond acceptors (Lipinski definition) is 5. The zero-order valence-corrected chi connectivity index (χ0v) is 18.3. The molecule has 1 amide bonds. The first-order valence-corrected chi connectivity index (χ1v) is 11.7. The molecule has 0 aromatic heterocycles. The van der Waals surface area contributed by atoms with Crippen molar-refractivity contribution in [3.63, 3.8) is 0 Å². The van der Waals surface area contributed by atoms with Crippen LogP contribution in [0.5, 0.6) is 11.5 Å². The van der Waals surface area contributed by atoms with Gasteiger partial charge in [0, 0.05) is 11.7 Å². The maximum Gasteiger partial charge on any atom is 0.262 e. The van der Waals surface area contributed by atoms with Crippen molar-refractivity contribution in [3.05, 3.63) is 47.5 Å². The Hall–Kier alpha value is -2.29. The lowest BCUT2D eigenvalue weighted by atomic mass is 10.3. The van der Waals surface area contributed by atoms with Crippen molar-refractivity contribution in [1.82, 2.24) is 4.72 Å². The van der Waals surface area contributed by atoms with E-state index in [1.54, 1.807) is 24.3 Å². The van der Waals surface area contributed by atoms with Crippen LogP contribution in [0.25, 0.3) is 0 Å². The van der Waals surface area contributed by atoms with E-state index >= 15 is 0 Å². The molecule has 30 heavy (non-hydrogen) atoms. The van der Waals surface area contributed by atoms with Crippen molar-refractivity contribution in [2.45, 2.75) is 43.5 Å². The van der Waals surface area contributed by atoms with Gasteiger partial charge in [-0.05, 0) is 62.2 Å². The molecule has 162 valence electrons. The zero-order valence-electron chi connectivity index (χ0n) is 16.7. The standard InChI is InChI=1S/C21H25ClN2O5S/c1-2-28-17-9-7-15(8-10-17)23-21(25)14-29-20-12-11-18(13-19(20)22)30(26,27)24-16-5-3-4-6-16/h7-13,16,24H,2-6,14H2,1H3,(H,23,25). The summed E-state index contributed by atoms with van der Waals surface area (Å²) in [6.45, 7) is 2.20. The predicted molar refractivity (Wildman–Crippen MR) is 116 cm³/mol. The van der Waals surface area contributed by atoms with Crippen LogP contribution in [0, 0.1) is 0 Å². The van der Waals surface area contributed by atoms with Gasteiger partial charge in [-0.1, -0.05) is 24.4 Å². The van der Waals surface area contributed by atoms with Gasteiger partial charge in [0.15, 0.2) is 6.61 Å². The fourth-order valence-electron chi connectivity index (χ4n) is 3.24. The number of nitrogens with one attached hydrogen (secondary N) is 2. The molecule has 7 nitrogen and oxygen atoms in total. The second kappa shape index (κ2) is 10.1. The predicted octanol–water partition coefficient (Wildman–Crippen LogP) is 3.98. The third-order valence-electron chi connectivity index (χ3n) is 4.70. The second-order valence-electron chi connectivity index (χ2n) is 6.99. The molecule has 3 rings (SSSR count). The molecule has 0 unspecified atom stereocenters. The summed E-state index contributed by atoms with van der Waals surface area (Å²) in [6, 6.07) is 11.2. The van der Waals surface area contributed by atoms with E-state index in [1.807, 2.05) is 6.92 Å². The minimum absolute atomic E-state index is 0.0315. The van der Waals surface area contributed by atoms with Gasteiger partial charge < -0.3 is 14.8 Å². The van der Waals surface area contributed by atoms with Gasteiger partial charge in [-0.25, -0.2) is 13.1 Å². The molecular weight excluding hydrogens is 428 g/mol. The summed E-state index contributed by atoms with van der Waals surface area (Å²) >= 11 is 6.18. The largest absolute Gasteiger partial charge is 0.494 e. The minimum atomic E-state index is -3.64. The molecule has 0 heterocycles.